The maximum atomic E-state index is 3.42. The molecule has 0 fully saturated rings. The quantitative estimate of drug-likeness (QED) is 0.689. The highest BCUT2D eigenvalue weighted by Crippen LogP contribution is 2.20. The summed E-state index contributed by atoms with van der Waals surface area (Å²) in [6.07, 6.45) is 2.36. The Morgan fingerprint density at radius 1 is 1.12 bits per heavy atom. The zero-order valence-electron chi connectivity index (χ0n) is 10.7. The Balaban J connectivity index is 2.39. The van der Waals surface area contributed by atoms with E-state index in [1.54, 1.807) is 0 Å². The van der Waals surface area contributed by atoms with Crippen LogP contribution in [0.25, 0.3) is 0 Å². The van der Waals surface area contributed by atoms with Crippen LogP contribution in [-0.2, 0) is 0 Å². The first-order valence-corrected chi connectivity index (χ1v) is 6.26. The molecule has 1 atom stereocenters. The molecule has 0 spiro atoms. The van der Waals surface area contributed by atoms with Gasteiger partial charge < -0.3 is 10.6 Å². The zero-order valence-corrected chi connectivity index (χ0v) is 10.7. The number of rotatable bonds is 7. The van der Waals surface area contributed by atoms with Gasteiger partial charge in [-0.2, -0.15) is 0 Å². The molecule has 16 heavy (non-hydrogen) atoms. The highest BCUT2D eigenvalue weighted by molar-refractivity contribution is 5.45. The summed E-state index contributed by atoms with van der Waals surface area (Å²) in [7, 11) is 1.99. The number of hydrogen-bond donors (Lipinski definition) is 2. The number of benzene rings is 1. The summed E-state index contributed by atoms with van der Waals surface area (Å²) < 4.78 is 0. The van der Waals surface area contributed by atoms with Crippen molar-refractivity contribution in [1.82, 2.24) is 5.32 Å². The molecule has 2 nitrogen and oxygen atoms in total. The van der Waals surface area contributed by atoms with Gasteiger partial charge in [0.1, 0.15) is 0 Å². The van der Waals surface area contributed by atoms with Crippen molar-refractivity contribution in [1.29, 1.82) is 0 Å². The van der Waals surface area contributed by atoms with Crippen molar-refractivity contribution in [2.24, 2.45) is 0 Å². The molecule has 1 unspecified atom stereocenters. The van der Waals surface area contributed by atoms with Gasteiger partial charge in [0.15, 0.2) is 0 Å². The van der Waals surface area contributed by atoms with E-state index in [2.05, 4.69) is 48.7 Å². The normalized spacial score (nSPS) is 12.4. The van der Waals surface area contributed by atoms with Crippen LogP contribution in [0.2, 0.25) is 0 Å². The van der Waals surface area contributed by atoms with E-state index in [1.165, 1.54) is 17.7 Å². The zero-order chi connectivity index (χ0) is 11.8. The largest absolute Gasteiger partial charge is 0.385 e. The molecule has 0 aliphatic heterocycles. The van der Waals surface area contributed by atoms with Crippen molar-refractivity contribution in [3.63, 3.8) is 0 Å². The van der Waals surface area contributed by atoms with E-state index in [1.807, 2.05) is 7.05 Å². The van der Waals surface area contributed by atoms with Crippen molar-refractivity contribution in [2.45, 2.75) is 32.6 Å². The highest BCUT2D eigenvalue weighted by atomic mass is 14.9. The molecule has 90 valence electrons. The lowest BCUT2D eigenvalue weighted by Crippen LogP contribution is -2.12. The van der Waals surface area contributed by atoms with Gasteiger partial charge in [-0.3, -0.25) is 0 Å². The molecule has 1 aromatic carbocycles. The summed E-state index contributed by atoms with van der Waals surface area (Å²) in [5.41, 5.74) is 2.66. The van der Waals surface area contributed by atoms with Crippen LogP contribution < -0.4 is 10.6 Å². The molecule has 0 radical (unpaired) electrons. The van der Waals surface area contributed by atoms with Crippen LogP contribution in [-0.4, -0.2) is 20.1 Å². The van der Waals surface area contributed by atoms with Crippen LogP contribution in [0.15, 0.2) is 24.3 Å². The third-order valence-corrected chi connectivity index (χ3v) is 3.02. The molecular weight excluding hydrogens is 196 g/mol. The van der Waals surface area contributed by atoms with Gasteiger partial charge in [-0.1, -0.05) is 26.0 Å². The van der Waals surface area contributed by atoms with E-state index in [4.69, 9.17) is 0 Å². The van der Waals surface area contributed by atoms with Crippen molar-refractivity contribution in [2.75, 3.05) is 25.5 Å². The van der Waals surface area contributed by atoms with E-state index in [9.17, 15) is 0 Å². The third-order valence-electron chi connectivity index (χ3n) is 3.02. The highest BCUT2D eigenvalue weighted by Gasteiger charge is 2.01. The van der Waals surface area contributed by atoms with Gasteiger partial charge in [-0.15, -0.1) is 0 Å². The SMILES string of the molecule is CCC(C)c1ccc(NCCCNC)cc1. The maximum Gasteiger partial charge on any atom is 0.0340 e. The van der Waals surface area contributed by atoms with E-state index in [0.717, 1.165) is 19.5 Å². The van der Waals surface area contributed by atoms with Gasteiger partial charge in [0, 0.05) is 12.2 Å². The molecule has 0 aliphatic rings. The molecule has 0 saturated carbocycles. The van der Waals surface area contributed by atoms with Crippen LogP contribution in [0.1, 0.15) is 38.2 Å². The lowest BCUT2D eigenvalue weighted by molar-refractivity contribution is 0.733. The minimum atomic E-state index is 0.665. The first-order chi connectivity index (χ1) is 7.77. The average Bonchev–Trinajstić information content (AvgIpc) is 2.34. The molecule has 0 bridgehead atoms. The second kappa shape index (κ2) is 7.29. The Bertz CT molecular complexity index is 279. The Hall–Kier alpha value is -1.02. The molecular formula is C14H24N2. The van der Waals surface area contributed by atoms with Crippen LogP contribution in [0.3, 0.4) is 0 Å². The Morgan fingerprint density at radius 3 is 2.38 bits per heavy atom. The van der Waals surface area contributed by atoms with Gasteiger partial charge in [-0.25, -0.2) is 0 Å². The van der Waals surface area contributed by atoms with E-state index in [-0.39, 0.29) is 0 Å². The minimum Gasteiger partial charge on any atom is -0.385 e. The Morgan fingerprint density at radius 2 is 1.81 bits per heavy atom. The monoisotopic (exact) mass is 220 g/mol. The molecule has 0 aromatic heterocycles. The van der Waals surface area contributed by atoms with Gasteiger partial charge >= 0.3 is 0 Å². The summed E-state index contributed by atoms with van der Waals surface area (Å²) in [5, 5.41) is 6.57. The van der Waals surface area contributed by atoms with Gasteiger partial charge in [0.2, 0.25) is 0 Å². The Kier molecular flexibility index (Phi) is 5.94. The lowest BCUT2D eigenvalue weighted by Gasteiger charge is -2.11. The molecule has 0 aliphatic carbocycles. The van der Waals surface area contributed by atoms with E-state index in [0.29, 0.717) is 5.92 Å². The summed E-state index contributed by atoms with van der Waals surface area (Å²) in [6.45, 7) is 6.60. The number of anilines is 1. The second-order valence-corrected chi connectivity index (χ2v) is 4.32. The summed E-state index contributed by atoms with van der Waals surface area (Å²) in [5.74, 6) is 0.665. The molecule has 0 amide bonds. The van der Waals surface area contributed by atoms with Gasteiger partial charge in [0.05, 0.1) is 0 Å². The van der Waals surface area contributed by atoms with Crippen LogP contribution in [0.5, 0.6) is 0 Å². The maximum absolute atomic E-state index is 3.42. The van der Waals surface area contributed by atoms with Crippen LogP contribution in [0.4, 0.5) is 5.69 Å². The fraction of sp³-hybridized carbons (Fsp3) is 0.571. The summed E-state index contributed by atoms with van der Waals surface area (Å²) >= 11 is 0. The lowest BCUT2D eigenvalue weighted by atomic mass is 9.99. The van der Waals surface area contributed by atoms with Crippen molar-refractivity contribution in [3.05, 3.63) is 29.8 Å². The Labute approximate surface area is 99.5 Å². The van der Waals surface area contributed by atoms with E-state index < -0.39 is 0 Å². The van der Waals surface area contributed by atoms with Crippen LogP contribution in [0, 0.1) is 0 Å². The average molecular weight is 220 g/mol. The molecule has 2 N–H and O–H groups in total. The first-order valence-electron chi connectivity index (χ1n) is 6.26. The smallest absolute Gasteiger partial charge is 0.0340 e. The van der Waals surface area contributed by atoms with Gasteiger partial charge in [0.25, 0.3) is 0 Å². The molecule has 1 aromatic rings. The third kappa shape index (κ3) is 4.23. The van der Waals surface area contributed by atoms with Crippen molar-refractivity contribution < 1.29 is 0 Å². The summed E-state index contributed by atoms with van der Waals surface area (Å²) in [6, 6.07) is 8.82. The van der Waals surface area contributed by atoms with Gasteiger partial charge in [-0.05, 0) is 50.0 Å². The van der Waals surface area contributed by atoms with Crippen molar-refractivity contribution in [3.8, 4) is 0 Å². The number of nitrogens with one attached hydrogen (secondary N) is 2. The molecule has 0 heterocycles. The van der Waals surface area contributed by atoms with Crippen LogP contribution >= 0.6 is 0 Å². The molecule has 0 saturated heterocycles. The standard InChI is InChI=1S/C14H24N2/c1-4-12(2)13-6-8-14(9-7-13)16-11-5-10-15-3/h6-9,12,15-16H,4-5,10-11H2,1-3H3. The topological polar surface area (TPSA) is 24.1 Å². The molecule has 1 rings (SSSR count). The van der Waals surface area contributed by atoms with E-state index >= 15 is 0 Å². The van der Waals surface area contributed by atoms with Crippen molar-refractivity contribution >= 4 is 5.69 Å². The minimum absolute atomic E-state index is 0.665. The summed E-state index contributed by atoms with van der Waals surface area (Å²) in [4.78, 5) is 0. The predicted molar refractivity (Wildman–Crippen MR) is 72.2 cm³/mol. The molecule has 2 heteroatoms. The number of hydrogen-bond acceptors (Lipinski definition) is 2. The fourth-order valence-corrected chi connectivity index (χ4v) is 1.66. The second-order valence-electron chi connectivity index (χ2n) is 4.32. The fourth-order valence-electron chi connectivity index (χ4n) is 1.66. The predicted octanol–water partition coefficient (Wildman–Crippen LogP) is 3.22. The first kappa shape index (κ1) is 13.0.